The van der Waals surface area contributed by atoms with Gasteiger partial charge in [-0.05, 0) is 49.9 Å². The predicted octanol–water partition coefficient (Wildman–Crippen LogP) is 1.81. The van der Waals surface area contributed by atoms with Crippen LogP contribution in [0.25, 0.3) is 0 Å². The zero-order chi connectivity index (χ0) is 9.80. The number of nitrogens with one attached hydrogen (secondary N) is 1. The first-order chi connectivity index (χ1) is 6.86. The Morgan fingerprint density at radius 1 is 1.36 bits per heavy atom. The molecule has 1 fully saturated rings. The molecule has 1 heterocycles. The number of hydrogen-bond acceptors (Lipinski definition) is 2. The SMILES string of the molecule is Nc1ccccc1C[C@H]1CCCNC1. The fourth-order valence-corrected chi connectivity index (χ4v) is 2.13. The number of piperidine rings is 1. The van der Waals surface area contributed by atoms with Gasteiger partial charge in [0.1, 0.15) is 0 Å². The van der Waals surface area contributed by atoms with Crippen LogP contribution in [0.2, 0.25) is 0 Å². The van der Waals surface area contributed by atoms with Gasteiger partial charge in [0.2, 0.25) is 0 Å². The van der Waals surface area contributed by atoms with Crippen molar-refractivity contribution in [1.29, 1.82) is 0 Å². The molecule has 0 spiro atoms. The van der Waals surface area contributed by atoms with E-state index in [9.17, 15) is 0 Å². The Labute approximate surface area is 85.5 Å². The van der Waals surface area contributed by atoms with Crippen molar-refractivity contribution in [2.45, 2.75) is 19.3 Å². The third kappa shape index (κ3) is 2.26. The zero-order valence-electron chi connectivity index (χ0n) is 8.50. The van der Waals surface area contributed by atoms with Crippen LogP contribution in [0.1, 0.15) is 18.4 Å². The molecule has 0 aliphatic carbocycles. The van der Waals surface area contributed by atoms with Crippen LogP contribution in [0.4, 0.5) is 5.69 Å². The number of rotatable bonds is 2. The second-order valence-corrected chi connectivity index (χ2v) is 4.12. The summed E-state index contributed by atoms with van der Waals surface area (Å²) in [4.78, 5) is 0. The maximum absolute atomic E-state index is 5.92. The number of anilines is 1. The fraction of sp³-hybridized carbons (Fsp3) is 0.500. The van der Waals surface area contributed by atoms with E-state index in [-0.39, 0.29) is 0 Å². The summed E-state index contributed by atoms with van der Waals surface area (Å²) in [6.07, 6.45) is 3.76. The third-order valence-corrected chi connectivity index (χ3v) is 2.96. The largest absolute Gasteiger partial charge is 0.399 e. The lowest BCUT2D eigenvalue weighted by Gasteiger charge is -2.23. The van der Waals surface area contributed by atoms with Crippen LogP contribution >= 0.6 is 0 Å². The molecule has 0 saturated carbocycles. The highest BCUT2D eigenvalue weighted by molar-refractivity contribution is 5.46. The molecular formula is C12H18N2. The summed E-state index contributed by atoms with van der Waals surface area (Å²) in [7, 11) is 0. The Morgan fingerprint density at radius 2 is 2.21 bits per heavy atom. The van der Waals surface area contributed by atoms with Crippen LogP contribution in [-0.2, 0) is 6.42 Å². The van der Waals surface area contributed by atoms with Crippen LogP contribution in [0.15, 0.2) is 24.3 Å². The Bertz CT molecular complexity index is 290. The van der Waals surface area contributed by atoms with Crippen molar-refractivity contribution in [1.82, 2.24) is 5.32 Å². The van der Waals surface area contributed by atoms with Crippen molar-refractivity contribution < 1.29 is 0 Å². The number of nitrogens with two attached hydrogens (primary N) is 1. The van der Waals surface area contributed by atoms with E-state index in [4.69, 9.17) is 5.73 Å². The van der Waals surface area contributed by atoms with Gasteiger partial charge in [0.05, 0.1) is 0 Å². The molecule has 2 heteroatoms. The number of nitrogen functional groups attached to an aromatic ring is 1. The Morgan fingerprint density at radius 3 is 2.93 bits per heavy atom. The topological polar surface area (TPSA) is 38.0 Å². The minimum Gasteiger partial charge on any atom is -0.399 e. The van der Waals surface area contributed by atoms with E-state index in [0.29, 0.717) is 0 Å². The molecular weight excluding hydrogens is 172 g/mol. The van der Waals surface area contributed by atoms with Crippen molar-refractivity contribution in [2.75, 3.05) is 18.8 Å². The molecule has 0 bridgehead atoms. The molecule has 2 rings (SSSR count). The Kier molecular flexibility index (Phi) is 3.04. The summed E-state index contributed by atoms with van der Waals surface area (Å²) in [5, 5.41) is 3.43. The van der Waals surface area contributed by atoms with Crippen molar-refractivity contribution in [2.24, 2.45) is 5.92 Å². The second kappa shape index (κ2) is 4.47. The summed E-state index contributed by atoms with van der Waals surface area (Å²) >= 11 is 0. The molecule has 3 N–H and O–H groups in total. The fourth-order valence-electron chi connectivity index (χ4n) is 2.13. The highest BCUT2D eigenvalue weighted by Gasteiger charge is 2.14. The molecule has 1 aliphatic rings. The van der Waals surface area contributed by atoms with E-state index < -0.39 is 0 Å². The molecule has 0 unspecified atom stereocenters. The third-order valence-electron chi connectivity index (χ3n) is 2.96. The average Bonchev–Trinajstić information content (AvgIpc) is 2.23. The molecule has 0 aromatic heterocycles. The minimum absolute atomic E-state index is 0.772. The van der Waals surface area contributed by atoms with Crippen LogP contribution in [0, 0.1) is 5.92 Å². The van der Waals surface area contributed by atoms with E-state index >= 15 is 0 Å². The standard InChI is InChI=1S/C12H18N2/c13-12-6-2-1-5-11(12)8-10-4-3-7-14-9-10/h1-2,5-6,10,14H,3-4,7-9,13H2/t10-/m1/s1. The maximum Gasteiger partial charge on any atom is 0.0346 e. The van der Waals surface area contributed by atoms with E-state index in [1.807, 2.05) is 12.1 Å². The van der Waals surface area contributed by atoms with Gasteiger partial charge in [-0.25, -0.2) is 0 Å². The quantitative estimate of drug-likeness (QED) is 0.698. The van der Waals surface area contributed by atoms with Crippen molar-refractivity contribution >= 4 is 5.69 Å². The molecule has 0 radical (unpaired) electrons. The highest BCUT2D eigenvalue weighted by atomic mass is 14.9. The Hall–Kier alpha value is -1.02. The van der Waals surface area contributed by atoms with E-state index in [1.54, 1.807) is 0 Å². The summed E-state index contributed by atoms with van der Waals surface area (Å²) in [6, 6.07) is 8.20. The van der Waals surface area contributed by atoms with Crippen LogP contribution in [0.3, 0.4) is 0 Å². The summed E-state index contributed by atoms with van der Waals surface area (Å²) in [5.41, 5.74) is 8.17. The number of para-hydroxylation sites is 1. The molecule has 76 valence electrons. The molecule has 0 amide bonds. The van der Waals surface area contributed by atoms with Crippen molar-refractivity contribution in [3.8, 4) is 0 Å². The number of hydrogen-bond donors (Lipinski definition) is 2. The minimum atomic E-state index is 0.772. The van der Waals surface area contributed by atoms with Crippen LogP contribution in [-0.4, -0.2) is 13.1 Å². The summed E-state index contributed by atoms with van der Waals surface area (Å²) in [5.74, 6) is 0.772. The molecule has 1 aliphatic heterocycles. The first-order valence-electron chi connectivity index (χ1n) is 5.40. The molecule has 1 atom stereocenters. The molecule has 14 heavy (non-hydrogen) atoms. The van der Waals surface area contributed by atoms with Crippen LogP contribution < -0.4 is 11.1 Å². The van der Waals surface area contributed by atoms with Crippen LogP contribution in [0.5, 0.6) is 0 Å². The van der Waals surface area contributed by atoms with Gasteiger partial charge in [0, 0.05) is 5.69 Å². The molecule has 1 aromatic carbocycles. The number of benzene rings is 1. The van der Waals surface area contributed by atoms with Crippen molar-refractivity contribution in [3.05, 3.63) is 29.8 Å². The van der Waals surface area contributed by atoms with Gasteiger partial charge < -0.3 is 11.1 Å². The molecule has 1 aromatic rings. The average molecular weight is 190 g/mol. The predicted molar refractivity (Wildman–Crippen MR) is 60.2 cm³/mol. The smallest absolute Gasteiger partial charge is 0.0346 e. The molecule has 2 nitrogen and oxygen atoms in total. The monoisotopic (exact) mass is 190 g/mol. The first-order valence-corrected chi connectivity index (χ1v) is 5.40. The van der Waals surface area contributed by atoms with Gasteiger partial charge in [-0.15, -0.1) is 0 Å². The van der Waals surface area contributed by atoms with Gasteiger partial charge in [0.25, 0.3) is 0 Å². The van der Waals surface area contributed by atoms with Gasteiger partial charge in [-0.3, -0.25) is 0 Å². The van der Waals surface area contributed by atoms with Gasteiger partial charge >= 0.3 is 0 Å². The van der Waals surface area contributed by atoms with E-state index in [0.717, 1.165) is 24.6 Å². The molecule has 1 saturated heterocycles. The highest BCUT2D eigenvalue weighted by Crippen LogP contribution is 2.20. The van der Waals surface area contributed by atoms with Gasteiger partial charge in [-0.2, -0.15) is 0 Å². The van der Waals surface area contributed by atoms with Gasteiger partial charge in [0.15, 0.2) is 0 Å². The van der Waals surface area contributed by atoms with E-state index in [1.165, 1.54) is 24.9 Å². The first kappa shape index (κ1) is 9.53. The van der Waals surface area contributed by atoms with Gasteiger partial charge in [-0.1, -0.05) is 18.2 Å². The lowest BCUT2D eigenvalue weighted by Crippen LogP contribution is -2.30. The maximum atomic E-state index is 5.92. The lowest BCUT2D eigenvalue weighted by molar-refractivity contribution is 0.376. The zero-order valence-corrected chi connectivity index (χ0v) is 8.50. The normalized spacial score (nSPS) is 22.1. The lowest BCUT2D eigenvalue weighted by atomic mass is 9.92. The van der Waals surface area contributed by atoms with E-state index in [2.05, 4.69) is 17.4 Å². The van der Waals surface area contributed by atoms with Crippen molar-refractivity contribution in [3.63, 3.8) is 0 Å². The summed E-state index contributed by atoms with van der Waals surface area (Å²) < 4.78 is 0. The summed E-state index contributed by atoms with van der Waals surface area (Å²) in [6.45, 7) is 2.33. The second-order valence-electron chi connectivity index (χ2n) is 4.12. The Balaban J connectivity index is 1.99.